The van der Waals surface area contributed by atoms with Gasteiger partial charge in [0.25, 0.3) is 0 Å². The van der Waals surface area contributed by atoms with Crippen LogP contribution >= 0.6 is 0 Å². The lowest BCUT2D eigenvalue weighted by molar-refractivity contribution is -0.129. The lowest BCUT2D eigenvalue weighted by Crippen LogP contribution is -2.38. The van der Waals surface area contributed by atoms with E-state index in [4.69, 9.17) is 20.2 Å². The van der Waals surface area contributed by atoms with Crippen molar-refractivity contribution < 1.29 is 19.1 Å². The molecule has 40 heavy (non-hydrogen) atoms. The zero-order chi connectivity index (χ0) is 28.7. The van der Waals surface area contributed by atoms with Crippen molar-refractivity contribution in [1.29, 1.82) is 0 Å². The van der Waals surface area contributed by atoms with Crippen molar-refractivity contribution in [2.75, 3.05) is 25.5 Å². The van der Waals surface area contributed by atoms with Crippen LogP contribution in [-0.2, 0) is 34.0 Å². The lowest BCUT2D eigenvalue weighted by Gasteiger charge is -2.21. The Balaban J connectivity index is 1.39. The molecule has 0 aliphatic rings. The Morgan fingerprint density at radius 2 is 1.73 bits per heavy atom. The minimum Gasteiger partial charge on any atom is -0.448 e. The van der Waals surface area contributed by atoms with E-state index in [9.17, 15) is 9.59 Å². The highest BCUT2D eigenvalue weighted by Crippen LogP contribution is 2.29. The first-order chi connectivity index (χ1) is 19.2. The van der Waals surface area contributed by atoms with Crippen LogP contribution in [0.15, 0.2) is 48.5 Å². The van der Waals surface area contributed by atoms with Crippen molar-refractivity contribution in [3.05, 3.63) is 65.5 Å². The Morgan fingerprint density at radius 3 is 2.45 bits per heavy atom. The summed E-state index contributed by atoms with van der Waals surface area (Å²) in [7, 11) is 0. The van der Waals surface area contributed by atoms with Gasteiger partial charge in [0.15, 0.2) is 5.82 Å². The molecule has 0 saturated heterocycles. The molecule has 0 spiro atoms. The van der Waals surface area contributed by atoms with Gasteiger partial charge >= 0.3 is 6.09 Å². The lowest BCUT2D eigenvalue weighted by atomic mass is 9.89. The summed E-state index contributed by atoms with van der Waals surface area (Å²) in [6, 6.07) is 15.9. The third-order valence-corrected chi connectivity index (χ3v) is 7.04. The Morgan fingerprint density at radius 1 is 1.00 bits per heavy atom. The second-order valence-electron chi connectivity index (χ2n) is 10.3. The minimum atomic E-state index is -0.531. The summed E-state index contributed by atoms with van der Waals surface area (Å²) < 4.78 is 13.0. The number of fused-ring (bicyclic) bond motifs is 3. The van der Waals surface area contributed by atoms with Gasteiger partial charge in [0.1, 0.15) is 24.6 Å². The number of hydrogen-bond donors (Lipinski definition) is 3. The largest absolute Gasteiger partial charge is 0.448 e. The first-order valence-corrected chi connectivity index (χ1v) is 13.6. The van der Waals surface area contributed by atoms with E-state index in [2.05, 4.69) is 20.2 Å². The van der Waals surface area contributed by atoms with Gasteiger partial charge in [0, 0.05) is 30.5 Å². The maximum Gasteiger partial charge on any atom is 0.407 e. The summed E-state index contributed by atoms with van der Waals surface area (Å²) in [6.45, 7) is 9.90. The number of ether oxygens (including phenoxy) is 2. The maximum absolute atomic E-state index is 12.1. The molecular formula is C30H38N6O4. The van der Waals surface area contributed by atoms with Crippen molar-refractivity contribution in [3.63, 3.8) is 0 Å². The zero-order valence-electron chi connectivity index (χ0n) is 23.6. The highest BCUT2D eigenvalue weighted by atomic mass is 16.5. The predicted octanol–water partition coefficient (Wildman–Crippen LogP) is 4.53. The van der Waals surface area contributed by atoms with Crippen LogP contribution in [0.2, 0.25) is 0 Å². The fourth-order valence-electron chi connectivity index (χ4n) is 4.26. The third-order valence-electron chi connectivity index (χ3n) is 7.04. The number of anilines is 1. The first kappa shape index (κ1) is 28.8. The smallest absolute Gasteiger partial charge is 0.407 e. The van der Waals surface area contributed by atoms with Crippen molar-refractivity contribution in [1.82, 2.24) is 25.2 Å². The molecule has 4 N–H and O–H groups in total. The zero-order valence-corrected chi connectivity index (χ0v) is 23.6. The van der Waals surface area contributed by atoms with Crippen LogP contribution in [0.3, 0.4) is 0 Å². The van der Waals surface area contributed by atoms with E-state index in [0.29, 0.717) is 37.6 Å². The second-order valence-corrected chi connectivity index (χ2v) is 10.3. The van der Waals surface area contributed by atoms with Gasteiger partial charge in [-0.1, -0.05) is 63.2 Å². The molecule has 4 rings (SSSR count). The number of benzene rings is 2. The molecule has 2 amide bonds. The van der Waals surface area contributed by atoms with E-state index in [0.717, 1.165) is 39.8 Å². The van der Waals surface area contributed by atoms with Crippen LogP contribution in [0.1, 0.15) is 51.1 Å². The molecule has 212 valence electrons. The van der Waals surface area contributed by atoms with Crippen LogP contribution in [0.25, 0.3) is 21.9 Å². The van der Waals surface area contributed by atoms with Crippen LogP contribution in [-0.4, -0.2) is 46.3 Å². The number of nitrogen functional groups attached to an aromatic ring is 1. The Bertz CT molecular complexity index is 1480. The molecule has 0 atom stereocenters. The molecule has 0 saturated carbocycles. The minimum absolute atomic E-state index is 0.0545. The number of amides is 2. The average Bonchev–Trinajstić information content (AvgIpc) is 3.32. The highest BCUT2D eigenvalue weighted by Gasteiger charge is 2.24. The molecule has 0 aliphatic carbocycles. The van der Waals surface area contributed by atoms with Crippen LogP contribution in [0.4, 0.5) is 10.6 Å². The number of carbonyl (C=O) groups is 2. The van der Waals surface area contributed by atoms with Gasteiger partial charge in [0.05, 0.1) is 17.6 Å². The van der Waals surface area contributed by atoms with Crippen LogP contribution in [0, 0.1) is 5.41 Å². The van der Waals surface area contributed by atoms with Gasteiger partial charge in [-0.15, -0.1) is 0 Å². The maximum atomic E-state index is 12.1. The second kappa shape index (κ2) is 12.8. The predicted molar refractivity (Wildman–Crippen MR) is 156 cm³/mol. The number of nitrogens with two attached hydrogens (primary N) is 1. The summed E-state index contributed by atoms with van der Waals surface area (Å²) in [5.41, 5.74) is 10.3. The summed E-state index contributed by atoms with van der Waals surface area (Å²) >= 11 is 0. The van der Waals surface area contributed by atoms with Crippen molar-refractivity contribution in [3.8, 4) is 0 Å². The molecular weight excluding hydrogens is 508 g/mol. The topological polar surface area (TPSA) is 133 Å². The number of imidazole rings is 1. The van der Waals surface area contributed by atoms with Gasteiger partial charge in [0.2, 0.25) is 5.91 Å². The summed E-state index contributed by atoms with van der Waals surface area (Å²) in [6.07, 6.45) is 0.201. The average molecular weight is 547 g/mol. The number of carbonyl (C=O) groups excluding carboxylic acids is 2. The Labute approximate surface area is 234 Å². The molecule has 10 nitrogen and oxygen atoms in total. The van der Waals surface area contributed by atoms with Crippen LogP contribution < -0.4 is 16.4 Å². The van der Waals surface area contributed by atoms with Gasteiger partial charge in [-0.25, -0.2) is 14.8 Å². The van der Waals surface area contributed by atoms with Crippen molar-refractivity contribution >= 4 is 39.8 Å². The molecule has 0 radical (unpaired) electrons. The van der Waals surface area contributed by atoms with Crippen molar-refractivity contribution in [2.24, 2.45) is 5.41 Å². The van der Waals surface area contributed by atoms with Gasteiger partial charge < -0.3 is 30.4 Å². The van der Waals surface area contributed by atoms with Gasteiger partial charge in [-0.3, -0.25) is 4.79 Å². The molecule has 10 heteroatoms. The quantitative estimate of drug-likeness (QED) is 0.222. The van der Waals surface area contributed by atoms with Crippen LogP contribution in [0.5, 0.6) is 0 Å². The fourth-order valence-corrected chi connectivity index (χ4v) is 4.26. The molecule has 2 heterocycles. The van der Waals surface area contributed by atoms with Gasteiger partial charge in [-0.2, -0.15) is 0 Å². The number of aromatic nitrogens is 3. The van der Waals surface area contributed by atoms with E-state index < -0.39 is 11.5 Å². The normalized spacial score (nSPS) is 11.6. The van der Waals surface area contributed by atoms with Gasteiger partial charge in [-0.05, 0) is 30.5 Å². The third kappa shape index (κ3) is 6.69. The molecule has 0 fully saturated rings. The first-order valence-electron chi connectivity index (χ1n) is 13.6. The van der Waals surface area contributed by atoms with Crippen molar-refractivity contribution in [2.45, 2.75) is 53.8 Å². The summed E-state index contributed by atoms with van der Waals surface area (Å²) in [4.78, 5) is 33.5. The standard InChI is InChI=1S/C30H38N6O4/c1-5-30(3,4)28(37)32-15-16-40-29(38)33-17-20-11-13-21(14-12-20)18-36-24(19-39-6-2)35-25-26(36)22-9-7-8-10-23(22)34-27(25)31/h7-14H,5-6,15-19H2,1-4H3,(H2,31,34)(H,32,37)(H,33,38). The number of hydrogen-bond acceptors (Lipinski definition) is 7. The number of nitrogens with one attached hydrogen (secondary N) is 2. The van der Waals surface area contributed by atoms with E-state index in [1.54, 1.807) is 0 Å². The number of nitrogens with zero attached hydrogens (tertiary/aromatic N) is 3. The number of pyridine rings is 1. The van der Waals surface area contributed by atoms with E-state index in [1.165, 1.54) is 0 Å². The Kier molecular flexibility index (Phi) is 9.21. The Hall–Kier alpha value is -4.18. The number of rotatable bonds is 12. The summed E-state index contributed by atoms with van der Waals surface area (Å²) in [5, 5.41) is 6.53. The molecule has 0 aliphatic heterocycles. The number of para-hydroxylation sites is 1. The highest BCUT2D eigenvalue weighted by molar-refractivity contribution is 6.06. The van der Waals surface area contributed by atoms with E-state index in [1.807, 2.05) is 76.2 Å². The van der Waals surface area contributed by atoms with E-state index in [-0.39, 0.29) is 19.1 Å². The SMILES string of the molecule is CCOCc1nc2c(N)nc3ccccc3c2n1Cc1ccc(CNC(=O)OCCNC(=O)C(C)(C)CC)cc1. The van der Waals surface area contributed by atoms with E-state index >= 15 is 0 Å². The molecule has 0 unspecified atom stereocenters. The molecule has 2 aromatic carbocycles. The molecule has 0 bridgehead atoms. The fraction of sp³-hybridized carbons (Fsp3) is 0.400. The summed E-state index contributed by atoms with van der Waals surface area (Å²) in [5.74, 6) is 1.12. The monoisotopic (exact) mass is 546 g/mol. The molecule has 4 aromatic rings. The molecule has 2 aromatic heterocycles. The number of alkyl carbamates (subject to hydrolysis) is 1.